The Kier molecular flexibility index (Phi) is 7.03. The topological polar surface area (TPSA) is 110 Å². The van der Waals surface area contributed by atoms with Crippen molar-refractivity contribution in [3.8, 4) is 0 Å². The molecule has 178 valence electrons. The highest BCUT2D eigenvalue weighted by Gasteiger charge is 2.34. The highest BCUT2D eigenvalue weighted by atomic mass is 35.5. The number of imidazole rings is 1. The number of aromatic nitrogens is 4. The predicted octanol–water partition coefficient (Wildman–Crippen LogP) is 3.61. The van der Waals surface area contributed by atoms with Gasteiger partial charge < -0.3 is 4.98 Å². The monoisotopic (exact) mass is 505 g/mol. The molecule has 2 aromatic heterocycles. The molecule has 3 aromatic rings. The van der Waals surface area contributed by atoms with Crippen LogP contribution in [0, 0.1) is 5.82 Å². The van der Waals surface area contributed by atoms with Crippen LogP contribution in [0.4, 0.5) is 9.18 Å². The largest absolute Gasteiger partial charge is 0.332 e. The number of hydrogen-bond acceptors (Lipinski definition) is 6. The number of unbranched alkanes of at least 4 members (excludes halogenated alkanes) is 1. The Balaban J connectivity index is 1.52. The van der Waals surface area contributed by atoms with Crippen molar-refractivity contribution in [3.63, 3.8) is 0 Å². The molecule has 0 saturated carbocycles. The van der Waals surface area contributed by atoms with Crippen LogP contribution in [0.15, 0.2) is 38.8 Å². The van der Waals surface area contributed by atoms with E-state index in [-0.39, 0.29) is 40.9 Å². The molecule has 1 saturated heterocycles. The predicted molar refractivity (Wildman–Crippen MR) is 128 cm³/mol. The molecule has 3 heterocycles. The quantitative estimate of drug-likeness (QED) is 0.370. The van der Waals surface area contributed by atoms with Gasteiger partial charge in [-0.1, -0.05) is 25.5 Å². The van der Waals surface area contributed by atoms with Crippen LogP contribution in [0.25, 0.3) is 17.2 Å². The van der Waals surface area contributed by atoms with Gasteiger partial charge in [-0.2, -0.15) is 4.98 Å². The average Bonchev–Trinajstić information content (AvgIpc) is 3.32. The minimum Gasteiger partial charge on any atom is -0.323 e. The molecule has 4 rings (SSSR count). The number of imide groups is 1. The van der Waals surface area contributed by atoms with E-state index in [0.29, 0.717) is 12.1 Å². The number of benzene rings is 1. The molecule has 2 amide bonds. The van der Waals surface area contributed by atoms with Crippen molar-refractivity contribution in [1.29, 1.82) is 0 Å². The lowest BCUT2D eigenvalue weighted by Gasteiger charge is -2.14. The molecule has 34 heavy (non-hydrogen) atoms. The lowest BCUT2D eigenvalue weighted by molar-refractivity contribution is -0.122. The van der Waals surface area contributed by atoms with Gasteiger partial charge in [0.2, 0.25) is 5.28 Å². The zero-order valence-electron chi connectivity index (χ0n) is 18.2. The van der Waals surface area contributed by atoms with E-state index in [1.807, 2.05) is 6.92 Å². The van der Waals surface area contributed by atoms with E-state index < -0.39 is 28.2 Å². The molecule has 1 fully saturated rings. The second-order valence-corrected chi connectivity index (χ2v) is 9.06. The Bertz CT molecular complexity index is 1410. The highest BCUT2D eigenvalue weighted by molar-refractivity contribution is 8.18. The Hall–Kier alpha value is -3.18. The van der Waals surface area contributed by atoms with Crippen LogP contribution in [-0.2, 0) is 17.9 Å². The molecule has 0 unspecified atom stereocenters. The van der Waals surface area contributed by atoms with Crippen molar-refractivity contribution in [2.75, 3.05) is 6.54 Å². The van der Waals surface area contributed by atoms with E-state index in [1.165, 1.54) is 34.9 Å². The third kappa shape index (κ3) is 4.71. The second kappa shape index (κ2) is 9.98. The van der Waals surface area contributed by atoms with Crippen LogP contribution in [0.2, 0.25) is 5.28 Å². The molecule has 12 heteroatoms. The molecule has 1 aliphatic rings. The molecule has 1 N–H and O–H groups in total. The minimum atomic E-state index is -0.558. The summed E-state index contributed by atoms with van der Waals surface area (Å²) in [4.78, 5) is 59.0. The van der Waals surface area contributed by atoms with Gasteiger partial charge in [-0.3, -0.25) is 28.4 Å². The summed E-state index contributed by atoms with van der Waals surface area (Å²) in [5.41, 5.74) is -0.134. The van der Waals surface area contributed by atoms with Gasteiger partial charge >= 0.3 is 5.69 Å². The maximum Gasteiger partial charge on any atom is 0.332 e. The SMILES string of the molecule is CCCCn1c(=O)n(CCCN2C(=O)SC(=Cc3ccc(F)cc3)C2=O)c(=O)c2[nH]c(Cl)nc21. The van der Waals surface area contributed by atoms with Gasteiger partial charge in [0.15, 0.2) is 11.2 Å². The summed E-state index contributed by atoms with van der Waals surface area (Å²) >= 11 is 6.72. The normalized spacial score (nSPS) is 15.3. The zero-order chi connectivity index (χ0) is 24.4. The van der Waals surface area contributed by atoms with Crippen LogP contribution in [0.1, 0.15) is 31.7 Å². The molecular weight excluding hydrogens is 485 g/mol. The van der Waals surface area contributed by atoms with Gasteiger partial charge in [0, 0.05) is 19.6 Å². The van der Waals surface area contributed by atoms with E-state index >= 15 is 0 Å². The first kappa shape index (κ1) is 24.0. The zero-order valence-corrected chi connectivity index (χ0v) is 19.8. The second-order valence-electron chi connectivity index (χ2n) is 7.71. The summed E-state index contributed by atoms with van der Waals surface area (Å²) in [5, 5.41) is -0.429. The molecule has 0 atom stereocenters. The first-order chi connectivity index (χ1) is 16.3. The Morgan fingerprint density at radius 2 is 1.76 bits per heavy atom. The summed E-state index contributed by atoms with van der Waals surface area (Å²) in [6.45, 7) is 2.41. The van der Waals surface area contributed by atoms with Crippen LogP contribution in [-0.4, -0.2) is 41.7 Å². The van der Waals surface area contributed by atoms with E-state index in [4.69, 9.17) is 11.6 Å². The van der Waals surface area contributed by atoms with Crippen molar-refractivity contribution in [1.82, 2.24) is 24.0 Å². The fourth-order valence-corrected chi connectivity index (χ4v) is 4.68. The van der Waals surface area contributed by atoms with Crippen LogP contribution < -0.4 is 11.2 Å². The van der Waals surface area contributed by atoms with Crippen LogP contribution in [0.3, 0.4) is 0 Å². The van der Waals surface area contributed by atoms with Gasteiger partial charge in [0.25, 0.3) is 16.7 Å². The van der Waals surface area contributed by atoms with E-state index in [9.17, 15) is 23.6 Å². The summed E-state index contributed by atoms with van der Waals surface area (Å²) in [6, 6.07) is 5.56. The number of nitrogens with zero attached hydrogens (tertiary/aromatic N) is 4. The van der Waals surface area contributed by atoms with Crippen LogP contribution >= 0.6 is 23.4 Å². The van der Waals surface area contributed by atoms with Gasteiger partial charge in [0.05, 0.1) is 4.91 Å². The summed E-state index contributed by atoms with van der Waals surface area (Å²) < 4.78 is 15.6. The number of fused-ring (bicyclic) bond motifs is 1. The Labute approximate surface area is 202 Å². The van der Waals surface area contributed by atoms with Crippen molar-refractivity contribution < 1.29 is 14.0 Å². The lowest BCUT2D eigenvalue weighted by atomic mass is 10.2. The number of carbonyl (C=O) groups is 2. The fraction of sp³-hybridized carbons (Fsp3) is 0.318. The third-order valence-corrected chi connectivity index (χ3v) is 6.46. The number of amides is 2. The molecule has 1 aliphatic heterocycles. The van der Waals surface area contributed by atoms with Gasteiger partial charge in [-0.25, -0.2) is 9.18 Å². The third-order valence-electron chi connectivity index (χ3n) is 5.37. The number of thioether (sulfide) groups is 1. The molecule has 0 radical (unpaired) electrons. The van der Waals surface area contributed by atoms with Gasteiger partial charge in [0.1, 0.15) is 5.82 Å². The summed E-state index contributed by atoms with van der Waals surface area (Å²) in [7, 11) is 0. The number of H-pyrrole nitrogens is 1. The number of carbonyl (C=O) groups excluding carboxylic acids is 2. The first-order valence-corrected chi connectivity index (χ1v) is 11.9. The smallest absolute Gasteiger partial charge is 0.323 e. The molecule has 0 spiro atoms. The molecule has 9 nitrogen and oxygen atoms in total. The minimum absolute atomic E-state index is 0.00903. The van der Waals surface area contributed by atoms with Crippen molar-refractivity contribution >= 4 is 51.7 Å². The number of rotatable bonds is 8. The number of hydrogen-bond donors (Lipinski definition) is 1. The van der Waals surface area contributed by atoms with E-state index in [2.05, 4.69) is 9.97 Å². The lowest BCUT2D eigenvalue weighted by Crippen LogP contribution is -2.41. The van der Waals surface area contributed by atoms with E-state index in [1.54, 1.807) is 0 Å². The molecule has 1 aromatic carbocycles. The Morgan fingerprint density at radius 1 is 1.06 bits per heavy atom. The number of aromatic amines is 1. The first-order valence-electron chi connectivity index (χ1n) is 10.7. The van der Waals surface area contributed by atoms with Crippen LogP contribution in [0.5, 0.6) is 0 Å². The maximum atomic E-state index is 13.1. The van der Waals surface area contributed by atoms with Gasteiger partial charge in [-0.15, -0.1) is 0 Å². The fourth-order valence-electron chi connectivity index (χ4n) is 3.64. The van der Waals surface area contributed by atoms with Crippen molar-refractivity contribution in [3.05, 3.63) is 66.7 Å². The van der Waals surface area contributed by atoms with Gasteiger partial charge in [-0.05, 0) is 60.0 Å². The highest BCUT2D eigenvalue weighted by Crippen LogP contribution is 2.32. The van der Waals surface area contributed by atoms with Crippen molar-refractivity contribution in [2.24, 2.45) is 0 Å². The molecule has 0 aliphatic carbocycles. The van der Waals surface area contributed by atoms with Crippen molar-refractivity contribution in [2.45, 2.75) is 39.3 Å². The summed E-state index contributed by atoms with van der Waals surface area (Å²) in [5.74, 6) is -0.868. The number of aryl methyl sites for hydroxylation is 1. The molecular formula is C22H21ClFN5O4S. The number of halogens is 2. The average molecular weight is 506 g/mol. The molecule has 0 bridgehead atoms. The van der Waals surface area contributed by atoms with E-state index in [0.717, 1.165) is 34.1 Å². The number of nitrogens with one attached hydrogen (secondary N) is 1. The summed E-state index contributed by atoms with van der Waals surface area (Å²) in [6.07, 6.45) is 3.29. The maximum absolute atomic E-state index is 13.1. The standard InChI is InChI=1S/C22H21ClFN5O4S/c1-2-3-9-27-17-16(25-20(23)26-17)19(31)28(21(27)32)10-4-11-29-18(30)15(34-22(29)33)12-13-5-7-14(24)8-6-13/h5-8,12H,2-4,9-11H2,1H3,(H,25,26). The Morgan fingerprint density at radius 3 is 2.47 bits per heavy atom.